The SMILES string of the molecule is CC(C)c1n[nH]c(N=[N+]=[N-])n1. The standard InChI is InChI=1S/C5H8N6/c1-3(2)4-7-5(9-8-4)10-11-6/h3H,1-2H3,(H,7,8,9). The molecule has 0 unspecified atom stereocenters. The summed E-state index contributed by atoms with van der Waals surface area (Å²) in [6.07, 6.45) is 0. The minimum Gasteiger partial charge on any atom is -0.258 e. The molecule has 1 aromatic heterocycles. The fraction of sp³-hybridized carbons (Fsp3) is 0.600. The molecule has 0 atom stereocenters. The summed E-state index contributed by atoms with van der Waals surface area (Å²) in [5.74, 6) is 1.12. The van der Waals surface area contributed by atoms with Crippen LogP contribution in [0.5, 0.6) is 0 Å². The number of H-pyrrole nitrogens is 1. The highest BCUT2D eigenvalue weighted by Gasteiger charge is 2.04. The van der Waals surface area contributed by atoms with Crippen molar-refractivity contribution in [1.29, 1.82) is 0 Å². The average molecular weight is 152 g/mol. The van der Waals surface area contributed by atoms with Crippen LogP contribution in [-0.2, 0) is 0 Å². The molecule has 0 aliphatic heterocycles. The number of rotatable bonds is 2. The molecule has 0 fully saturated rings. The van der Waals surface area contributed by atoms with Crippen LogP contribution in [0.4, 0.5) is 5.95 Å². The molecule has 11 heavy (non-hydrogen) atoms. The second-order valence-corrected chi connectivity index (χ2v) is 2.36. The van der Waals surface area contributed by atoms with Gasteiger partial charge in [0.2, 0.25) is 5.95 Å². The van der Waals surface area contributed by atoms with E-state index in [0.29, 0.717) is 5.82 Å². The van der Waals surface area contributed by atoms with Gasteiger partial charge in [0.05, 0.1) is 0 Å². The number of azide groups is 1. The zero-order valence-corrected chi connectivity index (χ0v) is 6.31. The van der Waals surface area contributed by atoms with Gasteiger partial charge in [-0.3, -0.25) is 5.10 Å². The lowest BCUT2D eigenvalue weighted by atomic mass is 10.2. The summed E-state index contributed by atoms with van der Waals surface area (Å²) in [7, 11) is 0. The molecule has 1 N–H and O–H groups in total. The van der Waals surface area contributed by atoms with Crippen LogP contribution in [0.25, 0.3) is 10.4 Å². The number of aromatic amines is 1. The molecule has 0 amide bonds. The highest BCUT2D eigenvalue weighted by atomic mass is 15.3. The number of nitrogens with zero attached hydrogens (tertiary/aromatic N) is 5. The van der Waals surface area contributed by atoms with Crippen molar-refractivity contribution in [3.05, 3.63) is 16.3 Å². The minimum atomic E-state index is 0.219. The van der Waals surface area contributed by atoms with Gasteiger partial charge >= 0.3 is 0 Å². The number of hydrogen-bond acceptors (Lipinski definition) is 3. The van der Waals surface area contributed by atoms with Crippen molar-refractivity contribution in [2.24, 2.45) is 5.11 Å². The van der Waals surface area contributed by atoms with Crippen LogP contribution in [-0.4, -0.2) is 15.2 Å². The van der Waals surface area contributed by atoms with Crippen LogP contribution in [0, 0.1) is 0 Å². The Bertz CT molecular complexity index is 281. The number of hydrogen-bond donors (Lipinski definition) is 1. The van der Waals surface area contributed by atoms with Crippen LogP contribution in [0.1, 0.15) is 25.6 Å². The van der Waals surface area contributed by atoms with E-state index in [-0.39, 0.29) is 11.9 Å². The highest BCUT2D eigenvalue weighted by Crippen LogP contribution is 2.11. The summed E-state index contributed by atoms with van der Waals surface area (Å²) in [5.41, 5.74) is 8.04. The molecular formula is C5H8N6. The van der Waals surface area contributed by atoms with Gasteiger partial charge in [-0.05, 0) is 10.6 Å². The first kappa shape index (κ1) is 7.56. The van der Waals surface area contributed by atoms with Crippen molar-refractivity contribution >= 4 is 5.95 Å². The topological polar surface area (TPSA) is 90.3 Å². The maximum Gasteiger partial charge on any atom is 0.212 e. The van der Waals surface area contributed by atoms with Crippen LogP contribution < -0.4 is 0 Å². The Balaban J connectivity index is 2.90. The average Bonchev–Trinajstić information content (AvgIpc) is 2.37. The molecule has 0 saturated heterocycles. The Morgan fingerprint density at radius 1 is 1.64 bits per heavy atom. The summed E-state index contributed by atoms with van der Waals surface area (Å²) < 4.78 is 0. The van der Waals surface area contributed by atoms with Gasteiger partial charge in [0.1, 0.15) is 0 Å². The van der Waals surface area contributed by atoms with E-state index < -0.39 is 0 Å². The normalized spacial score (nSPS) is 9.73. The van der Waals surface area contributed by atoms with Gasteiger partial charge in [-0.25, -0.2) is 4.98 Å². The summed E-state index contributed by atoms with van der Waals surface area (Å²) in [5, 5.41) is 9.60. The van der Waals surface area contributed by atoms with Crippen molar-refractivity contribution in [3.63, 3.8) is 0 Å². The molecule has 1 aromatic rings. The molecule has 1 heterocycles. The molecule has 0 spiro atoms. The molecule has 0 saturated carbocycles. The first-order valence-electron chi connectivity index (χ1n) is 3.21. The van der Waals surface area contributed by atoms with Crippen LogP contribution in [0.2, 0.25) is 0 Å². The van der Waals surface area contributed by atoms with Gasteiger partial charge in [-0.2, -0.15) is 5.10 Å². The third kappa shape index (κ3) is 1.68. The molecule has 0 bridgehead atoms. The summed E-state index contributed by atoms with van der Waals surface area (Å²) in [4.78, 5) is 6.48. The molecule has 1 rings (SSSR count). The lowest BCUT2D eigenvalue weighted by Gasteiger charge is -1.92. The van der Waals surface area contributed by atoms with Crippen LogP contribution in [0.15, 0.2) is 5.11 Å². The van der Waals surface area contributed by atoms with E-state index in [2.05, 4.69) is 25.2 Å². The van der Waals surface area contributed by atoms with E-state index in [1.165, 1.54) is 0 Å². The summed E-state index contributed by atoms with van der Waals surface area (Å²) in [6, 6.07) is 0. The lowest BCUT2D eigenvalue weighted by Crippen LogP contribution is -1.88. The van der Waals surface area contributed by atoms with Gasteiger partial charge in [0, 0.05) is 10.8 Å². The number of nitrogens with one attached hydrogen (secondary N) is 1. The predicted octanol–water partition coefficient (Wildman–Crippen LogP) is 1.87. The maximum absolute atomic E-state index is 8.04. The van der Waals surface area contributed by atoms with E-state index in [1.807, 2.05) is 13.8 Å². The summed E-state index contributed by atoms with van der Waals surface area (Å²) >= 11 is 0. The Labute approximate surface area is 63.3 Å². The van der Waals surface area contributed by atoms with Gasteiger partial charge in [0.15, 0.2) is 5.82 Å². The molecule has 0 aliphatic carbocycles. The molecule has 0 aliphatic rings. The van der Waals surface area contributed by atoms with Gasteiger partial charge in [-0.1, -0.05) is 13.8 Å². The Morgan fingerprint density at radius 2 is 2.36 bits per heavy atom. The minimum absolute atomic E-state index is 0.219. The number of aromatic nitrogens is 3. The quantitative estimate of drug-likeness (QED) is 0.398. The van der Waals surface area contributed by atoms with Crippen LogP contribution >= 0.6 is 0 Å². The molecular weight excluding hydrogens is 144 g/mol. The van der Waals surface area contributed by atoms with E-state index in [1.54, 1.807) is 0 Å². The zero-order valence-electron chi connectivity index (χ0n) is 6.31. The zero-order chi connectivity index (χ0) is 8.27. The lowest BCUT2D eigenvalue weighted by molar-refractivity contribution is 0.781. The third-order valence-corrected chi connectivity index (χ3v) is 1.15. The Morgan fingerprint density at radius 3 is 2.82 bits per heavy atom. The fourth-order valence-corrected chi connectivity index (χ4v) is 0.611. The van der Waals surface area contributed by atoms with Crippen molar-refractivity contribution < 1.29 is 0 Å². The first-order chi connectivity index (χ1) is 5.24. The molecule has 6 nitrogen and oxygen atoms in total. The Kier molecular flexibility index (Phi) is 2.08. The third-order valence-electron chi connectivity index (χ3n) is 1.15. The van der Waals surface area contributed by atoms with Crippen molar-refractivity contribution in [3.8, 4) is 0 Å². The van der Waals surface area contributed by atoms with E-state index in [9.17, 15) is 0 Å². The predicted molar refractivity (Wildman–Crippen MR) is 39.3 cm³/mol. The van der Waals surface area contributed by atoms with Crippen LogP contribution in [0.3, 0.4) is 0 Å². The highest BCUT2D eigenvalue weighted by molar-refractivity contribution is 5.13. The van der Waals surface area contributed by atoms with Crippen molar-refractivity contribution in [2.45, 2.75) is 19.8 Å². The van der Waals surface area contributed by atoms with E-state index in [0.717, 1.165) is 0 Å². The van der Waals surface area contributed by atoms with Gasteiger partial charge in [-0.15, -0.1) is 0 Å². The molecule has 0 radical (unpaired) electrons. The van der Waals surface area contributed by atoms with Crippen molar-refractivity contribution in [2.75, 3.05) is 0 Å². The second kappa shape index (κ2) is 3.03. The van der Waals surface area contributed by atoms with E-state index in [4.69, 9.17) is 5.53 Å². The fourth-order valence-electron chi connectivity index (χ4n) is 0.611. The van der Waals surface area contributed by atoms with E-state index >= 15 is 0 Å². The largest absolute Gasteiger partial charge is 0.258 e. The van der Waals surface area contributed by atoms with Gasteiger partial charge in [0.25, 0.3) is 0 Å². The van der Waals surface area contributed by atoms with Crippen molar-refractivity contribution in [1.82, 2.24) is 15.2 Å². The second-order valence-electron chi connectivity index (χ2n) is 2.36. The maximum atomic E-state index is 8.04. The molecule has 6 heteroatoms. The monoisotopic (exact) mass is 152 g/mol. The smallest absolute Gasteiger partial charge is 0.212 e. The first-order valence-corrected chi connectivity index (χ1v) is 3.21. The summed E-state index contributed by atoms with van der Waals surface area (Å²) in [6.45, 7) is 3.92. The van der Waals surface area contributed by atoms with Gasteiger partial charge < -0.3 is 0 Å². The molecule has 58 valence electrons. The Hall–Kier alpha value is -1.55. The molecule has 0 aromatic carbocycles.